The molecule has 0 radical (unpaired) electrons. The average Bonchev–Trinajstić information content (AvgIpc) is 3.11. The van der Waals surface area contributed by atoms with Crippen molar-refractivity contribution in [1.29, 1.82) is 0 Å². The zero-order valence-electron chi connectivity index (χ0n) is 10.7. The van der Waals surface area contributed by atoms with Gasteiger partial charge in [-0.25, -0.2) is 0 Å². The highest BCUT2D eigenvalue weighted by Crippen LogP contribution is 2.31. The standard InChI is InChI=1S/C13H22N2O3/c14-11-4-2-1-3-10(11)13(18)15(8-12(16)17)7-9-5-6-9/h9-11H,1-8,14H2,(H,16,17). The molecule has 0 aliphatic heterocycles. The van der Waals surface area contributed by atoms with Crippen LogP contribution < -0.4 is 5.73 Å². The van der Waals surface area contributed by atoms with Crippen molar-refractivity contribution in [3.05, 3.63) is 0 Å². The van der Waals surface area contributed by atoms with Gasteiger partial charge in [-0.05, 0) is 31.6 Å². The van der Waals surface area contributed by atoms with Crippen LogP contribution in [0.1, 0.15) is 38.5 Å². The Bertz CT molecular complexity index is 328. The van der Waals surface area contributed by atoms with E-state index in [0.717, 1.165) is 38.5 Å². The first-order valence-corrected chi connectivity index (χ1v) is 6.84. The summed E-state index contributed by atoms with van der Waals surface area (Å²) in [6.07, 6.45) is 6.00. The van der Waals surface area contributed by atoms with Crippen LogP contribution in [-0.2, 0) is 9.59 Å². The fraction of sp³-hybridized carbons (Fsp3) is 0.846. The van der Waals surface area contributed by atoms with Crippen LogP contribution in [0.3, 0.4) is 0 Å². The number of carboxylic acids is 1. The third kappa shape index (κ3) is 3.45. The molecule has 2 rings (SSSR count). The molecule has 0 aromatic heterocycles. The first kappa shape index (κ1) is 13.3. The predicted molar refractivity (Wildman–Crippen MR) is 66.9 cm³/mol. The van der Waals surface area contributed by atoms with Crippen molar-refractivity contribution in [3.8, 4) is 0 Å². The van der Waals surface area contributed by atoms with Crippen LogP contribution in [0.5, 0.6) is 0 Å². The van der Waals surface area contributed by atoms with E-state index in [1.807, 2.05) is 0 Å². The van der Waals surface area contributed by atoms with Gasteiger partial charge in [0.1, 0.15) is 6.54 Å². The highest BCUT2D eigenvalue weighted by atomic mass is 16.4. The first-order valence-electron chi connectivity index (χ1n) is 6.84. The normalized spacial score (nSPS) is 27.8. The largest absolute Gasteiger partial charge is 0.480 e. The Morgan fingerprint density at radius 2 is 1.83 bits per heavy atom. The molecular weight excluding hydrogens is 232 g/mol. The van der Waals surface area contributed by atoms with Gasteiger partial charge in [-0.2, -0.15) is 0 Å². The van der Waals surface area contributed by atoms with Crippen LogP contribution in [-0.4, -0.2) is 41.0 Å². The molecule has 0 saturated heterocycles. The van der Waals surface area contributed by atoms with E-state index in [1.54, 1.807) is 0 Å². The minimum Gasteiger partial charge on any atom is -0.480 e. The van der Waals surface area contributed by atoms with Crippen molar-refractivity contribution < 1.29 is 14.7 Å². The minimum atomic E-state index is -0.937. The maximum absolute atomic E-state index is 12.4. The number of carboxylic acid groups (broad SMARTS) is 1. The number of rotatable bonds is 5. The molecular formula is C13H22N2O3. The molecule has 2 fully saturated rings. The maximum Gasteiger partial charge on any atom is 0.323 e. The molecule has 2 atom stereocenters. The van der Waals surface area contributed by atoms with Gasteiger partial charge in [0, 0.05) is 12.6 Å². The summed E-state index contributed by atoms with van der Waals surface area (Å²) in [7, 11) is 0. The molecule has 2 aliphatic carbocycles. The summed E-state index contributed by atoms with van der Waals surface area (Å²) in [5, 5.41) is 8.91. The number of hydrogen-bond acceptors (Lipinski definition) is 3. The molecule has 2 saturated carbocycles. The second kappa shape index (κ2) is 5.69. The summed E-state index contributed by atoms with van der Waals surface area (Å²) in [6.45, 7) is 0.410. The van der Waals surface area contributed by atoms with Crippen LogP contribution in [0, 0.1) is 11.8 Å². The van der Waals surface area contributed by atoms with Crippen LogP contribution >= 0.6 is 0 Å². The molecule has 0 bridgehead atoms. The number of aliphatic carboxylic acids is 1. The van der Waals surface area contributed by atoms with Crippen molar-refractivity contribution in [2.45, 2.75) is 44.6 Å². The fourth-order valence-corrected chi connectivity index (χ4v) is 2.71. The maximum atomic E-state index is 12.4. The minimum absolute atomic E-state index is 0.0449. The lowest BCUT2D eigenvalue weighted by Gasteiger charge is -2.32. The van der Waals surface area contributed by atoms with E-state index in [0.29, 0.717) is 12.5 Å². The third-order valence-corrected chi connectivity index (χ3v) is 3.95. The number of hydrogen-bond donors (Lipinski definition) is 2. The van der Waals surface area contributed by atoms with Crippen molar-refractivity contribution in [3.63, 3.8) is 0 Å². The predicted octanol–water partition coefficient (Wildman–Crippen LogP) is 0.827. The highest BCUT2D eigenvalue weighted by molar-refractivity contribution is 5.83. The Morgan fingerprint density at radius 1 is 1.17 bits per heavy atom. The van der Waals surface area contributed by atoms with Crippen LogP contribution in [0.25, 0.3) is 0 Å². The van der Waals surface area contributed by atoms with Crippen molar-refractivity contribution in [2.24, 2.45) is 17.6 Å². The topological polar surface area (TPSA) is 83.6 Å². The van der Waals surface area contributed by atoms with Gasteiger partial charge in [-0.3, -0.25) is 9.59 Å². The molecule has 18 heavy (non-hydrogen) atoms. The van der Waals surface area contributed by atoms with Crippen molar-refractivity contribution >= 4 is 11.9 Å². The molecule has 3 N–H and O–H groups in total. The summed E-state index contributed by atoms with van der Waals surface area (Å²) < 4.78 is 0. The Balaban J connectivity index is 1.98. The number of carbonyl (C=O) groups is 2. The van der Waals surface area contributed by atoms with E-state index in [1.165, 1.54) is 4.90 Å². The Labute approximate surface area is 107 Å². The molecule has 0 aromatic carbocycles. The van der Waals surface area contributed by atoms with Gasteiger partial charge in [0.25, 0.3) is 0 Å². The van der Waals surface area contributed by atoms with E-state index in [4.69, 9.17) is 10.8 Å². The summed E-state index contributed by atoms with van der Waals surface area (Å²) in [4.78, 5) is 24.8. The Kier molecular flexibility index (Phi) is 4.22. The molecule has 102 valence electrons. The molecule has 5 heteroatoms. The third-order valence-electron chi connectivity index (χ3n) is 3.95. The lowest BCUT2D eigenvalue weighted by Crippen LogP contribution is -2.47. The monoisotopic (exact) mass is 254 g/mol. The summed E-state index contributed by atoms with van der Waals surface area (Å²) in [6, 6.07) is -0.0956. The van der Waals surface area contributed by atoms with Gasteiger partial charge < -0.3 is 15.7 Å². The van der Waals surface area contributed by atoms with Gasteiger partial charge >= 0.3 is 5.97 Å². The van der Waals surface area contributed by atoms with Gasteiger partial charge in [0.15, 0.2) is 0 Å². The quantitative estimate of drug-likeness (QED) is 0.761. The molecule has 0 aromatic rings. The average molecular weight is 254 g/mol. The van der Waals surface area contributed by atoms with E-state index in [-0.39, 0.29) is 24.4 Å². The summed E-state index contributed by atoms with van der Waals surface area (Å²) in [5.41, 5.74) is 6.00. The second-order valence-electron chi connectivity index (χ2n) is 5.61. The van der Waals surface area contributed by atoms with Gasteiger partial charge in [0.2, 0.25) is 5.91 Å². The molecule has 0 heterocycles. The van der Waals surface area contributed by atoms with Gasteiger partial charge in [-0.1, -0.05) is 12.8 Å². The molecule has 2 aliphatic rings. The highest BCUT2D eigenvalue weighted by Gasteiger charge is 2.35. The van der Waals surface area contributed by atoms with Crippen LogP contribution in [0.4, 0.5) is 0 Å². The number of carbonyl (C=O) groups excluding carboxylic acids is 1. The number of nitrogens with zero attached hydrogens (tertiary/aromatic N) is 1. The molecule has 0 spiro atoms. The van der Waals surface area contributed by atoms with E-state index in [2.05, 4.69) is 0 Å². The zero-order chi connectivity index (χ0) is 13.1. The molecule has 1 amide bonds. The second-order valence-corrected chi connectivity index (χ2v) is 5.61. The van der Waals surface area contributed by atoms with E-state index < -0.39 is 5.97 Å². The Morgan fingerprint density at radius 3 is 2.39 bits per heavy atom. The molecule has 2 unspecified atom stereocenters. The molecule has 5 nitrogen and oxygen atoms in total. The van der Waals surface area contributed by atoms with Gasteiger partial charge in [0.05, 0.1) is 5.92 Å². The van der Waals surface area contributed by atoms with Crippen LogP contribution in [0.2, 0.25) is 0 Å². The number of amides is 1. The zero-order valence-corrected chi connectivity index (χ0v) is 10.7. The fourth-order valence-electron chi connectivity index (χ4n) is 2.71. The summed E-state index contributed by atoms with van der Waals surface area (Å²) >= 11 is 0. The van der Waals surface area contributed by atoms with Crippen LogP contribution in [0.15, 0.2) is 0 Å². The van der Waals surface area contributed by atoms with Crippen molar-refractivity contribution in [2.75, 3.05) is 13.1 Å². The van der Waals surface area contributed by atoms with Crippen molar-refractivity contribution in [1.82, 2.24) is 4.90 Å². The lowest BCUT2D eigenvalue weighted by atomic mass is 9.84. The van der Waals surface area contributed by atoms with E-state index >= 15 is 0 Å². The first-order chi connectivity index (χ1) is 8.58. The number of nitrogens with two attached hydrogens (primary N) is 1. The van der Waals surface area contributed by atoms with E-state index in [9.17, 15) is 9.59 Å². The smallest absolute Gasteiger partial charge is 0.323 e. The SMILES string of the molecule is NC1CCCCC1C(=O)N(CC(=O)O)CC1CC1. The Hall–Kier alpha value is -1.10. The van der Waals surface area contributed by atoms with Gasteiger partial charge in [-0.15, -0.1) is 0 Å². The lowest BCUT2D eigenvalue weighted by molar-refractivity contribution is -0.147. The summed E-state index contributed by atoms with van der Waals surface area (Å²) in [5.74, 6) is -0.644.